The number of para-hydroxylation sites is 1. The zero-order valence-corrected chi connectivity index (χ0v) is 36.9. The first-order valence-corrected chi connectivity index (χ1v) is 23.0. The maximum atomic E-state index is 5.44. The normalized spacial score (nSPS) is 11.5. The van der Waals surface area contributed by atoms with Gasteiger partial charge in [0, 0.05) is 38.4 Å². The Hall–Kier alpha value is -9.19. The van der Waals surface area contributed by atoms with Gasteiger partial charge >= 0.3 is 0 Å². The third-order valence-corrected chi connectivity index (χ3v) is 13.2. The molecule has 0 N–H and O–H groups in total. The fraction of sp³-hybridized carbons (Fsp3) is 0. The van der Waals surface area contributed by atoms with Gasteiger partial charge in [0.2, 0.25) is 5.95 Å². The number of fused-ring (bicyclic) bond motifs is 7. The second kappa shape index (κ2) is 16.4. The van der Waals surface area contributed by atoms with Crippen LogP contribution in [0.3, 0.4) is 0 Å². The topological polar surface area (TPSA) is 48.5 Å². The summed E-state index contributed by atoms with van der Waals surface area (Å²) in [5.74, 6) is 1.75. The van der Waals surface area contributed by atoms with Crippen molar-refractivity contribution in [1.82, 2.24) is 24.1 Å². The zero-order chi connectivity index (χ0) is 45.0. The van der Waals surface area contributed by atoms with Gasteiger partial charge in [0.25, 0.3) is 0 Å². The molecule has 0 aliphatic heterocycles. The first kappa shape index (κ1) is 39.2. The molecule has 0 bridgehead atoms. The Kier molecular flexibility index (Phi) is 9.43. The van der Waals surface area contributed by atoms with Crippen LogP contribution in [-0.2, 0) is 0 Å². The lowest BCUT2D eigenvalue weighted by Gasteiger charge is -2.14. The summed E-state index contributed by atoms with van der Waals surface area (Å²) >= 11 is 0. The highest BCUT2D eigenvalue weighted by molar-refractivity contribution is 6.24. The third-order valence-electron chi connectivity index (χ3n) is 13.2. The lowest BCUT2D eigenvalue weighted by atomic mass is 9.99. The molecule has 13 rings (SSSR count). The van der Waals surface area contributed by atoms with Crippen LogP contribution in [0.2, 0.25) is 0 Å². The molecule has 0 spiro atoms. The number of aromatic nitrogens is 5. The van der Waals surface area contributed by atoms with Gasteiger partial charge in [-0.15, -0.1) is 0 Å². The van der Waals surface area contributed by atoms with E-state index in [1.807, 2.05) is 24.3 Å². The van der Waals surface area contributed by atoms with Crippen LogP contribution >= 0.6 is 0 Å². The quantitative estimate of drug-likeness (QED) is 0.153. The van der Waals surface area contributed by atoms with Gasteiger partial charge in [0.05, 0.1) is 22.1 Å². The van der Waals surface area contributed by atoms with Crippen molar-refractivity contribution in [1.29, 1.82) is 0 Å². The Morgan fingerprint density at radius 3 is 1.15 bits per heavy atom. The molecule has 0 fully saturated rings. The van der Waals surface area contributed by atoms with Crippen LogP contribution in [0.5, 0.6) is 0 Å². The third kappa shape index (κ3) is 6.76. The SMILES string of the molecule is c1ccc(-c2ccc(-c3ccc(-c4nc(-c5ccccc5)nc(-n5c6ccc(-c7ccccc7)cc6c6ccc7c8ccccc8n(-c8ccc(-c9ccccc9)cc8)c7c65)n4)cc3)cc2)cc1. The van der Waals surface area contributed by atoms with Crippen LogP contribution in [0.15, 0.2) is 249 Å². The van der Waals surface area contributed by atoms with Gasteiger partial charge in [-0.3, -0.25) is 4.57 Å². The molecule has 0 aliphatic carbocycles. The molecule has 10 aromatic carbocycles. The first-order valence-electron chi connectivity index (χ1n) is 23.0. The Labute approximate surface area is 393 Å². The molecule has 68 heavy (non-hydrogen) atoms. The van der Waals surface area contributed by atoms with E-state index < -0.39 is 0 Å². The molecule has 0 saturated heterocycles. The van der Waals surface area contributed by atoms with Gasteiger partial charge in [0.15, 0.2) is 11.6 Å². The van der Waals surface area contributed by atoms with Crippen LogP contribution < -0.4 is 0 Å². The molecule has 318 valence electrons. The minimum atomic E-state index is 0.547. The number of hydrogen-bond donors (Lipinski definition) is 0. The summed E-state index contributed by atoms with van der Waals surface area (Å²) in [5.41, 5.74) is 16.4. The van der Waals surface area contributed by atoms with Crippen molar-refractivity contribution in [2.45, 2.75) is 0 Å². The van der Waals surface area contributed by atoms with E-state index >= 15 is 0 Å². The Balaban J connectivity index is 1.05. The molecule has 5 heteroatoms. The lowest BCUT2D eigenvalue weighted by molar-refractivity contribution is 0.953. The van der Waals surface area contributed by atoms with Crippen LogP contribution in [-0.4, -0.2) is 24.1 Å². The van der Waals surface area contributed by atoms with Crippen LogP contribution in [0, 0.1) is 0 Å². The smallest absolute Gasteiger partial charge is 0.238 e. The van der Waals surface area contributed by atoms with Crippen molar-refractivity contribution in [3.63, 3.8) is 0 Å². The molecular formula is C63H41N5. The molecule has 0 aliphatic rings. The summed E-state index contributed by atoms with van der Waals surface area (Å²) in [6.45, 7) is 0. The molecular weight excluding hydrogens is 827 g/mol. The maximum absolute atomic E-state index is 5.44. The lowest BCUT2D eigenvalue weighted by Crippen LogP contribution is -2.07. The van der Waals surface area contributed by atoms with Crippen LogP contribution in [0.4, 0.5) is 0 Å². The van der Waals surface area contributed by atoms with Gasteiger partial charge in [0.1, 0.15) is 0 Å². The molecule has 0 unspecified atom stereocenters. The van der Waals surface area contributed by atoms with E-state index in [1.54, 1.807) is 0 Å². The monoisotopic (exact) mass is 867 g/mol. The number of nitrogens with zero attached hydrogens (tertiary/aromatic N) is 5. The van der Waals surface area contributed by atoms with E-state index in [-0.39, 0.29) is 0 Å². The van der Waals surface area contributed by atoms with Crippen molar-refractivity contribution in [2.24, 2.45) is 0 Å². The minimum Gasteiger partial charge on any atom is -0.307 e. The summed E-state index contributed by atoms with van der Waals surface area (Å²) in [5, 5.41) is 4.55. The van der Waals surface area contributed by atoms with Gasteiger partial charge in [-0.25, -0.2) is 4.98 Å². The number of rotatable bonds is 8. The highest BCUT2D eigenvalue weighted by Crippen LogP contribution is 2.43. The average molecular weight is 868 g/mol. The maximum Gasteiger partial charge on any atom is 0.238 e. The molecule has 0 saturated carbocycles. The zero-order valence-electron chi connectivity index (χ0n) is 36.9. The highest BCUT2D eigenvalue weighted by atomic mass is 15.2. The van der Waals surface area contributed by atoms with E-state index in [0.29, 0.717) is 17.6 Å². The Bertz CT molecular complexity index is 3950. The van der Waals surface area contributed by atoms with Crippen molar-refractivity contribution >= 4 is 43.6 Å². The molecule has 13 aromatic rings. The summed E-state index contributed by atoms with van der Waals surface area (Å²) in [7, 11) is 0. The van der Waals surface area contributed by atoms with Crippen molar-refractivity contribution < 1.29 is 0 Å². The highest BCUT2D eigenvalue weighted by Gasteiger charge is 2.24. The minimum absolute atomic E-state index is 0.547. The second-order valence-corrected chi connectivity index (χ2v) is 17.2. The average Bonchev–Trinajstić information content (AvgIpc) is 3.95. The predicted molar refractivity (Wildman–Crippen MR) is 281 cm³/mol. The van der Waals surface area contributed by atoms with Gasteiger partial charge in [-0.2, -0.15) is 9.97 Å². The first-order chi connectivity index (χ1) is 33.7. The van der Waals surface area contributed by atoms with Crippen molar-refractivity contribution in [3.8, 4) is 78.9 Å². The standard InChI is InChI=1S/C63H41N5/c1-5-15-42(16-6-1)45-25-27-46(28-26-45)47-29-31-50(32-30-47)62-64-61(49-21-11-4-12-22-49)65-63(66-62)68-58-40-35-51(44-19-9-3-10-20-44)41-56(58)55-39-38-54-53-23-13-14-24-57(53)67(59(54)60(55)68)52-36-33-48(34-37-52)43-17-7-2-8-18-43/h1-41H. The molecule has 0 atom stereocenters. The molecule has 0 amide bonds. The Morgan fingerprint density at radius 2 is 0.603 bits per heavy atom. The molecule has 3 aromatic heterocycles. The Morgan fingerprint density at radius 1 is 0.235 bits per heavy atom. The number of benzene rings is 10. The van der Waals surface area contributed by atoms with Crippen molar-refractivity contribution in [3.05, 3.63) is 249 Å². The fourth-order valence-corrected chi connectivity index (χ4v) is 9.88. The second-order valence-electron chi connectivity index (χ2n) is 17.2. The van der Waals surface area contributed by atoms with E-state index in [4.69, 9.17) is 15.0 Å². The summed E-state index contributed by atoms with van der Waals surface area (Å²) in [4.78, 5) is 16.0. The predicted octanol–water partition coefficient (Wildman–Crippen LogP) is 16.1. The summed E-state index contributed by atoms with van der Waals surface area (Å²) in [6, 6.07) is 88.2. The summed E-state index contributed by atoms with van der Waals surface area (Å²) < 4.78 is 4.69. The van der Waals surface area contributed by atoms with E-state index in [1.165, 1.54) is 27.6 Å². The molecule has 5 nitrogen and oxygen atoms in total. The van der Waals surface area contributed by atoms with Gasteiger partial charge in [-0.1, -0.05) is 218 Å². The molecule has 0 radical (unpaired) electrons. The largest absolute Gasteiger partial charge is 0.307 e. The van der Waals surface area contributed by atoms with Crippen LogP contribution in [0.1, 0.15) is 0 Å². The van der Waals surface area contributed by atoms with E-state index in [9.17, 15) is 0 Å². The fourth-order valence-electron chi connectivity index (χ4n) is 9.88. The van der Waals surface area contributed by atoms with E-state index in [0.717, 1.165) is 77.3 Å². The van der Waals surface area contributed by atoms with Gasteiger partial charge in [-0.05, 0) is 74.8 Å². The number of hydrogen-bond acceptors (Lipinski definition) is 3. The van der Waals surface area contributed by atoms with Crippen LogP contribution in [0.25, 0.3) is 123 Å². The van der Waals surface area contributed by atoms with Gasteiger partial charge < -0.3 is 4.57 Å². The molecule has 3 heterocycles. The van der Waals surface area contributed by atoms with Crippen molar-refractivity contribution in [2.75, 3.05) is 0 Å². The summed E-state index contributed by atoms with van der Waals surface area (Å²) in [6.07, 6.45) is 0. The van der Waals surface area contributed by atoms with E-state index in [2.05, 4.69) is 234 Å².